The maximum atomic E-state index is 7.54. The van der Waals surface area contributed by atoms with Crippen LogP contribution in [0, 0.1) is 0 Å². The lowest BCUT2D eigenvalue weighted by Crippen LogP contribution is -1.87. The molecule has 0 unspecified atom stereocenters. The van der Waals surface area contributed by atoms with Crippen LogP contribution in [0.5, 0.6) is 0 Å². The van der Waals surface area contributed by atoms with Crippen LogP contribution in [0.4, 0.5) is 5.69 Å². The van der Waals surface area contributed by atoms with Crippen molar-refractivity contribution in [3.05, 3.63) is 60.2 Å². The van der Waals surface area contributed by atoms with E-state index in [0.29, 0.717) is 5.69 Å². The van der Waals surface area contributed by atoms with E-state index in [2.05, 4.69) is 36.4 Å². The Morgan fingerprint density at radius 1 is 0.941 bits per heavy atom. The second-order valence-electron chi connectivity index (χ2n) is 3.97. The molecule has 0 aliphatic heterocycles. The van der Waals surface area contributed by atoms with E-state index < -0.39 is 0 Å². The summed E-state index contributed by atoms with van der Waals surface area (Å²) in [5, 5.41) is 0. The van der Waals surface area contributed by atoms with E-state index in [-0.39, 0.29) is 0 Å². The van der Waals surface area contributed by atoms with Crippen molar-refractivity contribution in [3.8, 4) is 0 Å². The number of benzene rings is 2. The average molecular weight is 242 g/mol. The van der Waals surface area contributed by atoms with E-state index in [1.807, 2.05) is 30.0 Å². The maximum absolute atomic E-state index is 7.54. The second kappa shape index (κ2) is 6.36. The van der Waals surface area contributed by atoms with E-state index in [1.54, 1.807) is 0 Å². The molecule has 2 heteroatoms. The number of aryl methyl sites for hydroxylation is 1. The van der Waals surface area contributed by atoms with Crippen molar-refractivity contribution in [1.82, 2.24) is 5.73 Å². The van der Waals surface area contributed by atoms with Gasteiger partial charge in [0.25, 0.3) is 0 Å². The third kappa shape index (κ3) is 4.16. The lowest BCUT2D eigenvalue weighted by Gasteiger charge is -2.03. The van der Waals surface area contributed by atoms with Crippen LogP contribution < -0.4 is 5.73 Å². The summed E-state index contributed by atoms with van der Waals surface area (Å²) in [7, 11) is 0. The van der Waals surface area contributed by atoms with Gasteiger partial charge in [-0.3, -0.25) is 0 Å². The van der Waals surface area contributed by atoms with Gasteiger partial charge in [0, 0.05) is 4.90 Å². The van der Waals surface area contributed by atoms with E-state index >= 15 is 0 Å². The minimum Gasteiger partial charge on any atom is -0.301 e. The van der Waals surface area contributed by atoms with Crippen molar-refractivity contribution < 1.29 is 0 Å². The molecular formula is C15H16NS. The van der Waals surface area contributed by atoms with Crippen LogP contribution in [0.25, 0.3) is 0 Å². The standard InChI is InChI=1S/C15H16NS/c16-14-9-4-10-15(12-14)17-11-5-8-13-6-2-1-3-7-13/h1-4,6-7,9-10,12,16H,5,8,11H2. The van der Waals surface area contributed by atoms with Gasteiger partial charge in [0.15, 0.2) is 0 Å². The smallest absolute Gasteiger partial charge is 0.0551 e. The highest BCUT2D eigenvalue weighted by atomic mass is 32.2. The third-order valence-electron chi connectivity index (χ3n) is 2.56. The Kier molecular flexibility index (Phi) is 4.51. The normalized spacial score (nSPS) is 10.4. The lowest BCUT2D eigenvalue weighted by molar-refractivity contribution is 0.933. The third-order valence-corrected chi connectivity index (χ3v) is 3.64. The van der Waals surface area contributed by atoms with Gasteiger partial charge in [0.05, 0.1) is 5.69 Å². The number of hydrogen-bond donors (Lipinski definition) is 0. The molecular weight excluding hydrogens is 226 g/mol. The summed E-state index contributed by atoms with van der Waals surface area (Å²) in [6.45, 7) is 0. The monoisotopic (exact) mass is 242 g/mol. The van der Waals surface area contributed by atoms with Crippen LogP contribution in [0.3, 0.4) is 0 Å². The quantitative estimate of drug-likeness (QED) is 0.565. The molecule has 0 bridgehead atoms. The highest BCUT2D eigenvalue weighted by molar-refractivity contribution is 7.99. The molecule has 0 aliphatic carbocycles. The van der Waals surface area contributed by atoms with Crippen LogP contribution >= 0.6 is 11.8 Å². The molecule has 0 aliphatic rings. The Hall–Kier alpha value is -1.41. The first kappa shape index (κ1) is 12.1. The van der Waals surface area contributed by atoms with Gasteiger partial charge in [-0.05, 0) is 42.4 Å². The summed E-state index contributed by atoms with van der Waals surface area (Å²) in [6.07, 6.45) is 2.31. The highest BCUT2D eigenvalue weighted by Crippen LogP contribution is 2.21. The summed E-state index contributed by atoms with van der Waals surface area (Å²) in [5.74, 6) is 1.11. The van der Waals surface area contributed by atoms with E-state index in [0.717, 1.165) is 12.2 Å². The molecule has 1 nitrogen and oxygen atoms in total. The van der Waals surface area contributed by atoms with Gasteiger partial charge < -0.3 is 5.73 Å². The molecule has 87 valence electrons. The molecule has 0 aromatic heterocycles. The minimum absolute atomic E-state index is 0.595. The molecule has 1 radical (unpaired) electrons. The van der Waals surface area contributed by atoms with Gasteiger partial charge in [0.1, 0.15) is 0 Å². The van der Waals surface area contributed by atoms with E-state index in [9.17, 15) is 0 Å². The molecule has 0 heterocycles. The zero-order valence-electron chi connectivity index (χ0n) is 9.73. The molecule has 2 aromatic carbocycles. The van der Waals surface area contributed by atoms with Gasteiger partial charge in [-0.15, -0.1) is 11.8 Å². The summed E-state index contributed by atoms with van der Waals surface area (Å²) >= 11 is 1.83. The van der Waals surface area contributed by atoms with Crippen LogP contribution in [-0.4, -0.2) is 5.75 Å². The van der Waals surface area contributed by atoms with Crippen LogP contribution in [-0.2, 0) is 6.42 Å². The molecule has 2 aromatic rings. The van der Waals surface area contributed by atoms with Gasteiger partial charge in [-0.2, -0.15) is 0 Å². The minimum atomic E-state index is 0.595. The largest absolute Gasteiger partial charge is 0.301 e. The summed E-state index contributed by atoms with van der Waals surface area (Å²) < 4.78 is 0. The molecule has 2 rings (SSSR count). The topological polar surface area (TPSA) is 23.8 Å². The fourth-order valence-corrected chi connectivity index (χ4v) is 2.61. The SMILES string of the molecule is [NH]c1cccc(SCCCc2ccccc2)c1. The predicted octanol–water partition coefficient (Wildman–Crippen LogP) is 4.33. The Bertz CT molecular complexity index is 453. The van der Waals surface area contributed by atoms with Gasteiger partial charge in [-0.1, -0.05) is 36.4 Å². The van der Waals surface area contributed by atoms with Crippen molar-refractivity contribution in [1.29, 1.82) is 0 Å². The number of rotatable bonds is 5. The van der Waals surface area contributed by atoms with E-state index in [4.69, 9.17) is 5.73 Å². The van der Waals surface area contributed by atoms with Gasteiger partial charge in [0.2, 0.25) is 0 Å². The molecule has 0 saturated carbocycles. The molecule has 0 saturated heterocycles. The van der Waals surface area contributed by atoms with Crippen molar-refractivity contribution >= 4 is 17.4 Å². The average Bonchev–Trinajstić information content (AvgIpc) is 2.36. The molecule has 1 N–H and O–H groups in total. The number of nitrogens with one attached hydrogen (secondary N) is 1. The van der Waals surface area contributed by atoms with Crippen LogP contribution in [0.15, 0.2) is 59.5 Å². The lowest BCUT2D eigenvalue weighted by atomic mass is 10.1. The second-order valence-corrected chi connectivity index (χ2v) is 5.13. The van der Waals surface area contributed by atoms with Crippen LogP contribution in [0.1, 0.15) is 12.0 Å². The fourth-order valence-electron chi connectivity index (χ4n) is 1.70. The first-order valence-electron chi connectivity index (χ1n) is 5.83. The van der Waals surface area contributed by atoms with Crippen molar-refractivity contribution in [2.45, 2.75) is 17.7 Å². The highest BCUT2D eigenvalue weighted by Gasteiger charge is 1.96. The molecule has 17 heavy (non-hydrogen) atoms. The van der Waals surface area contributed by atoms with Gasteiger partial charge >= 0.3 is 0 Å². The van der Waals surface area contributed by atoms with E-state index in [1.165, 1.54) is 16.9 Å². The molecule has 0 atom stereocenters. The Labute approximate surface area is 107 Å². The first-order chi connectivity index (χ1) is 8.34. The first-order valence-corrected chi connectivity index (χ1v) is 6.81. The van der Waals surface area contributed by atoms with Crippen molar-refractivity contribution in [2.24, 2.45) is 0 Å². The Morgan fingerprint density at radius 3 is 2.53 bits per heavy atom. The molecule has 0 amide bonds. The summed E-state index contributed by atoms with van der Waals surface area (Å²) in [4.78, 5) is 1.20. The van der Waals surface area contributed by atoms with Crippen molar-refractivity contribution in [2.75, 3.05) is 5.75 Å². The maximum Gasteiger partial charge on any atom is 0.0551 e. The fraction of sp³-hybridized carbons (Fsp3) is 0.200. The van der Waals surface area contributed by atoms with Crippen molar-refractivity contribution in [3.63, 3.8) is 0 Å². The summed E-state index contributed by atoms with van der Waals surface area (Å²) in [6, 6.07) is 18.3. The van der Waals surface area contributed by atoms with Crippen LogP contribution in [0.2, 0.25) is 0 Å². The Balaban J connectivity index is 1.73. The number of hydrogen-bond acceptors (Lipinski definition) is 1. The zero-order valence-corrected chi connectivity index (χ0v) is 10.5. The van der Waals surface area contributed by atoms with Gasteiger partial charge in [-0.25, -0.2) is 0 Å². The summed E-state index contributed by atoms with van der Waals surface area (Å²) in [5.41, 5.74) is 9.54. The molecule has 0 fully saturated rings. The number of thioether (sulfide) groups is 1. The molecule has 0 spiro atoms. The predicted molar refractivity (Wildman–Crippen MR) is 74.7 cm³/mol. The zero-order chi connectivity index (χ0) is 11.9. The Morgan fingerprint density at radius 2 is 1.76 bits per heavy atom.